The average molecular weight is 219 g/mol. The number of methoxy groups -OCH3 is 1. The number of hydrogen-bond donors (Lipinski definition) is 2. The van der Waals surface area contributed by atoms with E-state index in [-0.39, 0.29) is 12.1 Å². The number of urea groups is 1. The Hall–Kier alpha value is -2.04. The lowest BCUT2D eigenvalue weighted by Crippen LogP contribution is -2.48. The maximum absolute atomic E-state index is 11.0. The Balaban J connectivity index is 2.26. The Morgan fingerprint density at radius 3 is 2.56 bits per heavy atom. The topological polar surface area (TPSA) is 62.7 Å². The molecule has 2 N–H and O–H groups in total. The van der Waals surface area contributed by atoms with Gasteiger partial charge in [-0.05, 0) is 31.2 Å². The maximum atomic E-state index is 11.0. The summed E-state index contributed by atoms with van der Waals surface area (Å²) < 4.78 is 5.08. The molecule has 84 valence electrons. The highest BCUT2D eigenvalue weighted by Crippen LogP contribution is 2.14. The molecule has 5 heteroatoms. The SMILES string of the molecule is COc1ccc(C2=NNC(=O)NC2C)cc1. The first-order valence-electron chi connectivity index (χ1n) is 4.99. The first-order valence-corrected chi connectivity index (χ1v) is 4.99. The summed E-state index contributed by atoms with van der Waals surface area (Å²) in [6, 6.07) is 7.18. The van der Waals surface area contributed by atoms with Crippen molar-refractivity contribution in [2.45, 2.75) is 13.0 Å². The van der Waals surface area contributed by atoms with Gasteiger partial charge in [-0.3, -0.25) is 0 Å². The number of benzene rings is 1. The second-order valence-corrected chi connectivity index (χ2v) is 3.53. The van der Waals surface area contributed by atoms with Crippen LogP contribution in [0.4, 0.5) is 4.79 Å². The molecule has 2 rings (SSSR count). The van der Waals surface area contributed by atoms with Gasteiger partial charge in [0.25, 0.3) is 0 Å². The van der Waals surface area contributed by atoms with E-state index < -0.39 is 0 Å². The van der Waals surface area contributed by atoms with E-state index in [4.69, 9.17) is 4.74 Å². The van der Waals surface area contributed by atoms with E-state index in [9.17, 15) is 4.79 Å². The highest BCUT2D eigenvalue weighted by molar-refractivity contribution is 6.07. The molecule has 16 heavy (non-hydrogen) atoms. The summed E-state index contributed by atoms with van der Waals surface area (Å²) in [5.41, 5.74) is 4.16. The zero-order valence-corrected chi connectivity index (χ0v) is 9.15. The third kappa shape index (κ3) is 1.98. The van der Waals surface area contributed by atoms with E-state index in [0.717, 1.165) is 17.0 Å². The number of ether oxygens (including phenoxy) is 1. The molecule has 0 aromatic heterocycles. The second-order valence-electron chi connectivity index (χ2n) is 3.53. The molecule has 1 unspecified atom stereocenters. The van der Waals surface area contributed by atoms with Crippen molar-refractivity contribution >= 4 is 11.7 Å². The van der Waals surface area contributed by atoms with Gasteiger partial charge >= 0.3 is 6.03 Å². The quantitative estimate of drug-likeness (QED) is 0.782. The van der Waals surface area contributed by atoms with Gasteiger partial charge in [0.1, 0.15) is 5.75 Å². The molecule has 2 amide bonds. The van der Waals surface area contributed by atoms with Crippen molar-refractivity contribution < 1.29 is 9.53 Å². The molecule has 5 nitrogen and oxygen atoms in total. The van der Waals surface area contributed by atoms with Gasteiger partial charge in [-0.15, -0.1) is 0 Å². The van der Waals surface area contributed by atoms with Crippen LogP contribution in [0.3, 0.4) is 0 Å². The summed E-state index contributed by atoms with van der Waals surface area (Å²) in [6.07, 6.45) is 0. The average Bonchev–Trinajstić information content (AvgIpc) is 2.29. The normalized spacial score (nSPS) is 19.5. The van der Waals surface area contributed by atoms with Crippen LogP contribution in [0.25, 0.3) is 0 Å². The Kier molecular flexibility index (Phi) is 2.76. The van der Waals surface area contributed by atoms with Crippen LogP contribution in [0.1, 0.15) is 12.5 Å². The van der Waals surface area contributed by atoms with Gasteiger partial charge < -0.3 is 10.1 Å². The molecule has 0 bridgehead atoms. The monoisotopic (exact) mass is 219 g/mol. The van der Waals surface area contributed by atoms with E-state index in [0.29, 0.717) is 0 Å². The summed E-state index contributed by atoms with van der Waals surface area (Å²) in [5, 5.41) is 6.78. The minimum absolute atomic E-state index is 0.0952. The molecule has 1 aromatic rings. The molecule has 0 fully saturated rings. The molecule has 0 saturated carbocycles. The van der Waals surface area contributed by atoms with E-state index in [1.54, 1.807) is 7.11 Å². The number of hydrazone groups is 1. The van der Waals surface area contributed by atoms with Gasteiger partial charge in [-0.1, -0.05) is 0 Å². The van der Waals surface area contributed by atoms with Crippen LogP contribution in [-0.4, -0.2) is 24.9 Å². The lowest BCUT2D eigenvalue weighted by Gasteiger charge is -2.21. The Morgan fingerprint density at radius 2 is 2.00 bits per heavy atom. The van der Waals surface area contributed by atoms with Gasteiger partial charge in [0.05, 0.1) is 18.9 Å². The smallest absolute Gasteiger partial charge is 0.335 e. The minimum Gasteiger partial charge on any atom is -0.497 e. The molecule has 1 aliphatic heterocycles. The molecule has 0 aliphatic carbocycles. The Morgan fingerprint density at radius 1 is 1.31 bits per heavy atom. The zero-order chi connectivity index (χ0) is 11.5. The molecular formula is C11H13N3O2. The summed E-state index contributed by atoms with van der Waals surface area (Å²) in [6.45, 7) is 1.89. The molecule has 0 spiro atoms. The molecule has 1 aromatic carbocycles. The van der Waals surface area contributed by atoms with Crippen LogP contribution in [-0.2, 0) is 0 Å². The van der Waals surface area contributed by atoms with Gasteiger partial charge in [-0.2, -0.15) is 5.10 Å². The van der Waals surface area contributed by atoms with E-state index >= 15 is 0 Å². The van der Waals surface area contributed by atoms with Crippen LogP contribution >= 0.6 is 0 Å². The van der Waals surface area contributed by atoms with Crippen LogP contribution in [0.15, 0.2) is 29.4 Å². The van der Waals surface area contributed by atoms with Crippen LogP contribution in [0.2, 0.25) is 0 Å². The van der Waals surface area contributed by atoms with Crippen molar-refractivity contribution in [3.05, 3.63) is 29.8 Å². The Bertz CT molecular complexity index is 425. The van der Waals surface area contributed by atoms with Crippen molar-refractivity contribution in [2.75, 3.05) is 7.11 Å². The standard InChI is InChI=1S/C11H13N3O2/c1-7-10(13-14-11(15)12-7)8-3-5-9(16-2)6-4-8/h3-7H,1-2H3,(H2,12,14,15). The highest BCUT2D eigenvalue weighted by Gasteiger charge is 2.19. The lowest BCUT2D eigenvalue weighted by atomic mass is 10.0. The van der Waals surface area contributed by atoms with Crippen molar-refractivity contribution in [3.8, 4) is 5.75 Å². The fourth-order valence-electron chi connectivity index (χ4n) is 1.58. The summed E-state index contributed by atoms with van der Waals surface area (Å²) in [5.74, 6) is 0.796. The molecule has 0 radical (unpaired) electrons. The van der Waals surface area contributed by atoms with Crippen molar-refractivity contribution in [2.24, 2.45) is 5.10 Å². The van der Waals surface area contributed by atoms with Gasteiger partial charge in [-0.25, -0.2) is 10.2 Å². The van der Waals surface area contributed by atoms with Crippen LogP contribution in [0, 0.1) is 0 Å². The summed E-state index contributed by atoms with van der Waals surface area (Å²) >= 11 is 0. The van der Waals surface area contributed by atoms with E-state index in [1.807, 2.05) is 31.2 Å². The summed E-state index contributed by atoms with van der Waals surface area (Å²) in [7, 11) is 1.62. The molecular weight excluding hydrogens is 206 g/mol. The Labute approximate surface area is 93.5 Å². The largest absolute Gasteiger partial charge is 0.497 e. The number of rotatable bonds is 2. The number of hydrogen-bond acceptors (Lipinski definition) is 3. The van der Waals surface area contributed by atoms with E-state index in [2.05, 4.69) is 15.8 Å². The molecule has 1 heterocycles. The second kappa shape index (κ2) is 4.22. The van der Waals surface area contributed by atoms with Crippen LogP contribution in [0.5, 0.6) is 5.75 Å². The molecule has 0 saturated heterocycles. The van der Waals surface area contributed by atoms with Crippen LogP contribution < -0.4 is 15.5 Å². The number of nitrogens with one attached hydrogen (secondary N) is 2. The van der Waals surface area contributed by atoms with E-state index in [1.165, 1.54) is 0 Å². The van der Waals surface area contributed by atoms with Gasteiger partial charge in [0.15, 0.2) is 0 Å². The predicted octanol–water partition coefficient (Wildman–Crippen LogP) is 1.10. The predicted molar refractivity (Wildman–Crippen MR) is 60.7 cm³/mol. The summed E-state index contributed by atoms with van der Waals surface area (Å²) in [4.78, 5) is 11.0. The fourth-order valence-corrected chi connectivity index (χ4v) is 1.58. The first kappa shape index (κ1) is 10.5. The minimum atomic E-state index is -0.273. The highest BCUT2D eigenvalue weighted by atomic mass is 16.5. The number of amides is 2. The fraction of sp³-hybridized carbons (Fsp3) is 0.273. The molecule has 1 atom stereocenters. The van der Waals surface area contributed by atoms with Gasteiger partial charge in [0.2, 0.25) is 0 Å². The maximum Gasteiger partial charge on any atom is 0.335 e. The third-order valence-electron chi connectivity index (χ3n) is 2.42. The zero-order valence-electron chi connectivity index (χ0n) is 9.15. The van der Waals surface area contributed by atoms with Crippen molar-refractivity contribution in [1.82, 2.24) is 10.7 Å². The number of nitrogens with zero attached hydrogens (tertiary/aromatic N) is 1. The van der Waals surface area contributed by atoms with Crippen molar-refractivity contribution in [1.29, 1.82) is 0 Å². The van der Waals surface area contributed by atoms with Gasteiger partial charge in [0, 0.05) is 5.56 Å². The first-order chi connectivity index (χ1) is 7.70. The van der Waals surface area contributed by atoms with Crippen molar-refractivity contribution in [3.63, 3.8) is 0 Å². The third-order valence-corrected chi connectivity index (χ3v) is 2.42. The molecule has 1 aliphatic rings. The number of carbonyl (C=O) groups excluding carboxylic acids is 1. The lowest BCUT2D eigenvalue weighted by molar-refractivity contribution is 0.239. The number of carbonyl (C=O) groups is 1.